The van der Waals surface area contributed by atoms with Crippen molar-refractivity contribution in [3.63, 3.8) is 0 Å². The van der Waals surface area contributed by atoms with Crippen LogP contribution in [-0.4, -0.2) is 96.7 Å². The van der Waals surface area contributed by atoms with Crippen molar-refractivity contribution in [2.45, 2.75) is 25.6 Å². The number of hydroxylamine groups is 1. The molecule has 0 bridgehead atoms. The number of nitrogens with zero attached hydrogens (tertiary/aromatic N) is 3. The summed E-state index contributed by atoms with van der Waals surface area (Å²) in [7, 11) is 0. The van der Waals surface area contributed by atoms with Gasteiger partial charge < -0.3 is 25.0 Å². The highest BCUT2D eigenvalue weighted by atomic mass is 16.5. The molecule has 2 aliphatic rings. The van der Waals surface area contributed by atoms with E-state index in [1.54, 1.807) is 4.90 Å². The third kappa shape index (κ3) is 7.46. The van der Waals surface area contributed by atoms with E-state index in [1.165, 1.54) is 18.0 Å². The van der Waals surface area contributed by atoms with E-state index in [0.717, 1.165) is 49.7 Å². The first kappa shape index (κ1) is 27.4. The van der Waals surface area contributed by atoms with E-state index in [-0.39, 0.29) is 0 Å². The average molecular weight is 522 g/mol. The molecule has 0 aromatic heterocycles. The van der Waals surface area contributed by atoms with E-state index in [4.69, 9.17) is 9.94 Å². The van der Waals surface area contributed by atoms with Crippen molar-refractivity contribution in [3.8, 4) is 11.8 Å². The predicted octanol–water partition coefficient (Wildman–Crippen LogP) is 1.01. The number of benzene rings is 2. The van der Waals surface area contributed by atoms with Gasteiger partial charge in [-0.15, -0.1) is 0 Å². The third-order valence-corrected chi connectivity index (χ3v) is 6.77. The lowest BCUT2D eigenvalue weighted by Crippen LogP contribution is -2.58. The second-order valence-electron chi connectivity index (χ2n) is 9.50. The van der Waals surface area contributed by atoms with Gasteiger partial charge in [-0.05, 0) is 48.9 Å². The van der Waals surface area contributed by atoms with Crippen LogP contribution in [0.2, 0.25) is 0 Å². The molecule has 2 atom stereocenters. The number of hydrogen-bond donors (Lipinski definition) is 4. The monoisotopic (exact) mass is 521 g/mol. The Hall–Kier alpha value is -3.62. The number of hydrogen-bond acceptors (Lipinski definition) is 7. The molecule has 0 aliphatic carbocycles. The fourth-order valence-corrected chi connectivity index (χ4v) is 4.48. The van der Waals surface area contributed by atoms with Crippen LogP contribution in [0, 0.1) is 11.8 Å². The summed E-state index contributed by atoms with van der Waals surface area (Å²) in [6.07, 6.45) is -1.14. The smallest absolute Gasteiger partial charge is 0.318 e. The number of ether oxygens (including phenoxy) is 1. The second kappa shape index (κ2) is 13.3. The molecule has 10 nitrogen and oxygen atoms in total. The number of rotatable bonds is 6. The highest BCUT2D eigenvalue weighted by Gasteiger charge is 2.29. The number of carbonyl (C=O) groups excluding carboxylic acids is 2. The molecular formula is C28H35N5O5. The van der Waals surface area contributed by atoms with Gasteiger partial charge >= 0.3 is 6.03 Å². The Balaban J connectivity index is 1.26. The van der Waals surface area contributed by atoms with Gasteiger partial charge in [-0.1, -0.05) is 24.0 Å². The van der Waals surface area contributed by atoms with Gasteiger partial charge in [0.15, 0.2) is 0 Å². The summed E-state index contributed by atoms with van der Waals surface area (Å²) in [5.74, 6) is 5.60. The molecule has 4 rings (SSSR count). The van der Waals surface area contributed by atoms with Crippen LogP contribution in [-0.2, 0) is 16.1 Å². The Morgan fingerprint density at radius 3 is 2.05 bits per heavy atom. The highest BCUT2D eigenvalue weighted by Crippen LogP contribution is 2.18. The lowest BCUT2D eigenvalue weighted by atomic mass is 10.1. The van der Waals surface area contributed by atoms with Crippen molar-refractivity contribution in [2.24, 2.45) is 0 Å². The summed E-state index contributed by atoms with van der Waals surface area (Å²) in [6, 6.07) is 14.7. The lowest BCUT2D eigenvalue weighted by molar-refractivity contribution is -0.133. The number of morpholine rings is 1. The number of amides is 3. The quantitative estimate of drug-likeness (QED) is 0.255. The fourth-order valence-electron chi connectivity index (χ4n) is 4.48. The maximum atomic E-state index is 12.5. The largest absolute Gasteiger partial charge is 0.391 e. The molecule has 0 spiro atoms. The highest BCUT2D eigenvalue weighted by molar-refractivity contribution is 5.87. The van der Waals surface area contributed by atoms with Gasteiger partial charge in [-0.2, -0.15) is 0 Å². The minimum absolute atomic E-state index is 0.459. The van der Waals surface area contributed by atoms with E-state index in [0.29, 0.717) is 26.2 Å². The molecule has 0 unspecified atom stereocenters. The molecule has 0 radical (unpaired) electrons. The van der Waals surface area contributed by atoms with Crippen LogP contribution >= 0.6 is 0 Å². The molecule has 10 heteroatoms. The Labute approximate surface area is 223 Å². The first-order valence-corrected chi connectivity index (χ1v) is 12.9. The summed E-state index contributed by atoms with van der Waals surface area (Å²) in [6.45, 7) is 8.02. The molecule has 202 valence electrons. The Kier molecular flexibility index (Phi) is 9.56. The maximum absolute atomic E-state index is 12.5. The molecule has 2 aromatic carbocycles. The van der Waals surface area contributed by atoms with Gasteiger partial charge in [0, 0.05) is 62.6 Å². The van der Waals surface area contributed by atoms with Gasteiger partial charge in [0.05, 0.1) is 19.3 Å². The number of carbonyl (C=O) groups is 2. The Morgan fingerprint density at radius 2 is 1.50 bits per heavy atom. The third-order valence-electron chi connectivity index (χ3n) is 6.77. The summed E-state index contributed by atoms with van der Waals surface area (Å²) in [4.78, 5) is 30.3. The van der Waals surface area contributed by atoms with Crippen LogP contribution in [0.3, 0.4) is 0 Å². The van der Waals surface area contributed by atoms with Crippen LogP contribution in [0.15, 0.2) is 48.5 Å². The molecular weight excluding hydrogens is 486 g/mol. The van der Waals surface area contributed by atoms with Gasteiger partial charge in [0.1, 0.15) is 6.04 Å². The molecule has 2 saturated heterocycles. The average Bonchev–Trinajstić information content (AvgIpc) is 2.96. The number of aliphatic hydroxyl groups is 1. The molecule has 2 fully saturated rings. The zero-order valence-corrected chi connectivity index (χ0v) is 21.6. The number of urea groups is 1. The van der Waals surface area contributed by atoms with E-state index < -0.39 is 24.1 Å². The molecule has 2 heterocycles. The minimum Gasteiger partial charge on any atom is -0.391 e. The van der Waals surface area contributed by atoms with Crippen molar-refractivity contribution in [3.05, 3.63) is 65.2 Å². The standard InChI is InChI=1S/C28H35N5O5/c1-21(34)26(27(35)30-37)29-28(36)33-14-12-32(13-15-33)25-10-8-23(9-11-25)3-2-22-4-6-24(7-5-22)20-31-16-18-38-19-17-31/h4-11,21,26,34,37H,12-20H2,1H3,(H,29,36)(H,30,35)/t21-,26-/m1/s1. The van der Waals surface area contributed by atoms with Gasteiger partial charge in [-0.3, -0.25) is 14.9 Å². The summed E-state index contributed by atoms with van der Waals surface area (Å²) < 4.78 is 5.41. The summed E-state index contributed by atoms with van der Waals surface area (Å²) in [5, 5.41) is 21.0. The maximum Gasteiger partial charge on any atom is 0.318 e. The van der Waals surface area contributed by atoms with Gasteiger partial charge in [0.25, 0.3) is 5.91 Å². The van der Waals surface area contributed by atoms with Gasteiger partial charge in [-0.25, -0.2) is 10.3 Å². The molecule has 2 aliphatic heterocycles. The van der Waals surface area contributed by atoms with Crippen LogP contribution in [0.25, 0.3) is 0 Å². The second-order valence-corrected chi connectivity index (χ2v) is 9.50. The van der Waals surface area contributed by atoms with Crippen molar-refractivity contribution in [2.75, 3.05) is 57.4 Å². The molecule has 4 N–H and O–H groups in total. The molecule has 0 saturated carbocycles. The van der Waals surface area contributed by atoms with Crippen molar-refractivity contribution in [1.82, 2.24) is 20.6 Å². The Bertz CT molecular complexity index is 1130. The zero-order chi connectivity index (χ0) is 26.9. The summed E-state index contributed by atoms with van der Waals surface area (Å²) >= 11 is 0. The lowest BCUT2D eigenvalue weighted by Gasteiger charge is -2.36. The van der Waals surface area contributed by atoms with E-state index >= 15 is 0 Å². The van der Waals surface area contributed by atoms with Crippen LogP contribution in [0.1, 0.15) is 23.6 Å². The topological polar surface area (TPSA) is 118 Å². The first-order valence-electron chi connectivity index (χ1n) is 12.9. The van der Waals surface area contributed by atoms with Gasteiger partial charge in [0.2, 0.25) is 0 Å². The summed E-state index contributed by atoms with van der Waals surface area (Å²) in [5.41, 5.74) is 5.69. The van der Waals surface area contributed by atoms with Crippen LogP contribution < -0.4 is 15.7 Å². The number of nitrogens with one attached hydrogen (secondary N) is 2. The van der Waals surface area contributed by atoms with E-state index in [9.17, 15) is 14.7 Å². The number of anilines is 1. The number of piperazine rings is 1. The van der Waals surface area contributed by atoms with Crippen LogP contribution in [0.5, 0.6) is 0 Å². The molecule has 3 amide bonds. The van der Waals surface area contributed by atoms with Crippen molar-refractivity contribution in [1.29, 1.82) is 0 Å². The fraction of sp³-hybridized carbons (Fsp3) is 0.429. The van der Waals surface area contributed by atoms with Crippen molar-refractivity contribution >= 4 is 17.6 Å². The first-order chi connectivity index (χ1) is 18.4. The number of aliphatic hydroxyl groups excluding tert-OH is 1. The molecule has 38 heavy (non-hydrogen) atoms. The SMILES string of the molecule is C[C@@H](O)[C@@H](NC(=O)N1CCN(c2ccc(C#Cc3ccc(CN4CCOCC4)cc3)cc2)CC1)C(=O)NO. The van der Waals surface area contributed by atoms with E-state index in [2.05, 4.69) is 51.2 Å². The predicted molar refractivity (Wildman–Crippen MR) is 143 cm³/mol. The normalized spacial score (nSPS) is 17.7. The van der Waals surface area contributed by atoms with Crippen LogP contribution in [0.4, 0.5) is 10.5 Å². The van der Waals surface area contributed by atoms with Crippen molar-refractivity contribution < 1.29 is 24.6 Å². The Morgan fingerprint density at radius 1 is 0.921 bits per heavy atom. The molecule has 2 aromatic rings. The zero-order valence-electron chi connectivity index (χ0n) is 21.6. The minimum atomic E-state index is -1.23. The van der Waals surface area contributed by atoms with E-state index in [1.807, 2.05) is 24.3 Å².